The Morgan fingerprint density at radius 1 is 1.30 bits per heavy atom. The van der Waals surface area contributed by atoms with Crippen LogP contribution in [0.2, 0.25) is 0 Å². The Kier molecular flexibility index (Phi) is 4.22. The molecule has 1 saturated heterocycles. The van der Waals surface area contributed by atoms with Gasteiger partial charge in [-0.05, 0) is 37.0 Å². The van der Waals surface area contributed by atoms with Gasteiger partial charge in [0.2, 0.25) is 0 Å². The van der Waals surface area contributed by atoms with Crippen molar-refractivity contribution in [3.05, 3.63) is 29.3 Å². The number of rotatable bonds is 2. The summed E-state index contributed by atoms with van der Waals surface area (Å²) < 4.78 is 38.7. The average Bonchev–Trinajstić information content (AvgIpc) is 2.37. The van der Waals surface area contributed by atoms with E-state index in [1.54, 1.807) is 0 Å². The summed E-state index contributed by atoms with van der Waals surface area (Å²) in [5.74, 6) is 0.663. The van der Waals surface area contributed by atoms with Crippen molar-refractivity contribution in [1.29, 1.82) is 0 Å². The number of nitrogens with zero attached hydrogens (tertiary/aromatic N) is 1. The van der Waals surface area contributed by atoms with Crippen molar-refractivity contribution in [3.8, 4) is 0 Å². The maximum absolute atomic E-state index is 12.9. The van der Waals surface area contributed by atoms with E-state index in [2.05, 4.69) is 11.8 Å². The van der Waals surface area contributed by atoms with Crippen LogP contribution < -0.4 is 10.6 Å². The van der Waals surface area contributed by atoms with E-state index in [1.165, 1.54) is 12.1 Å². The van der Waals surface area contributed by atoms with Gasteiger partial charge >= 0.3 is 6.18 Å². The number of hydrogen-bond acceptors (Lipinski definition) is 2. The second-order valence-electron chi connectivity index (χ2n) is 5.26. The first-order chi connectivity index (χ1) is 9.29. The van der Waals surface area contributed by atoms with E-state index in [0.29, 0.717) is 5.92 Å². The van der Waals surface area contributed by atoms with Gasteiger partial charge in [-0.1, -0.05) is 19.1 Å². The van der Waals surface area contributed by atoms with Gasteiger partial charge in [0.05, 0.1) is 5.56 Å². The third-order valence-corrected chi connectivity index (χ3v) is 3.94. The number of alkyl halides is 3. The molecule has 0 atom stereocenters. The molecule has 0 aliphatic carbocycles. The van der Waals surface area contributed by atoms with Crippen molar-refractivity contribution in [2.45, 2.75) is 25.9 Å². The number of piperidine rings is 1. The fraction of sp³-hybridized carbons (Fsp3) is 0.500. The SMILES string of the molecule is CC1CCN(c2ccc(C(F)(F)F)c(C(N)=S)c2)CC1. The first-order valence-corrected chi connectivity index (χ1v) is 6.96. The molecule has 0 radical (unpaired) electrons. The summed E-state index contributed by atoms with van der Waals surface area (Å²) in [7, 11) is 0. The zero-order valence-electron chi connectivity index (χ0n) is 11.2. The molecule has 0 spiro atoms. The number of benzene rings is 1. The van der Waals surface area contributed by atoms with Gasteiger partial charge in [0.25, 0.3) is 0 Å². The van der Waals surface area contributed by atoms with E-state index in [4.69, 9.17) is 18.0 Å². The molecule has 1 heterocycles. The molecule has 1 aromatic rings. The standard InChI is InChI=1S/C14H17F3N2S/c1-9-4-6-19(7-5-9)10-2-3-12(14(15,16)17)11(8-10)13(18)20/h2-3,8-9H,4-7H2,1H3,(H2,18,20). The summed E-state index contributed by atoms with van der Waals surface area (Å²) in [6.45, 7) is 3.89. The van der Waals surface area contributed by atoms with Gasteiger partial charge in [-0.15, -0.1) is 0 Å². The molecule has 1 aliphatic heterocycles. The molecular weight excluding hydrogens is 285 g/mol. The van der Waals surface area contributed by atoms with Crippen LogP contribution in [0, 0.1) is 5.92 Å². The zero-order chi connectivity index (χ0) is 14.9. The fourth-order valence-electron chi connectivity index (χ4n) is 2.45. The molecule has 2 N–H and O–H groups in total. The number of thiocarbonyl (C=S) groups is 1. The van der Waals surface area contributed by atoms with Crippen molar-refractivity contribution >= 4 is 22.9 Å². The van der Waals surface area contributed by atoms with Gasteiger partial charge in [0.1, 0.15) is 4.99 Å². The Balaban J connectivity index is 2.33. The third-order valence-electron chi connectivity index (χ3n) is 3.72. The molecule has 0 aromatic heterocycles. The molecule has 0 unspecified atom stereocenters. The quantitative estimate of drug-likeness (QED) is 0.847. The van der Waals surface area contributed by atoms with Crippen LogP contribution in [0.1, 0.15) is 30.9 Å². The Labute approximate surface area is 121 Å². The van der Waals surface area contributed by atoms with Crippen LogP contribution in [0.4, 0.5) is 18.9 Å². The Hall–Kier alpha value is -1.30. The van der Waals surface area contributed by atoms with Gasteiger partial charge in [-0.2, -0.15) is 13.2 Å². The van der Waals surface area contributed by atoms with Crippen LogP contribution in [0.3, 0.4) is 0 Å². The first-order valence-electron chi connectivity index (χ1n) is 6.55. The summed E-state index contributed by atoms with van der Waals surface area (Å²) in [4.78, 5) is 1.87. The van der Waals surface area contributed by atoms with Crippen molar-refractivity contribution in [1.82, 2.24) is 0 Å². The van der Waals surface area contributed by atoms with Gasteiger partial charge in [0.15, 0.2) is 0 Å². The molecule has 0 saturated carbocycles. The molecule has 20 heavy (non-hydrogen) atoms. The molecule has 0 amide bonds. The first kappa shape index (κ1) is 15.1. The largest absolute Gasteiger partial charge is 0.417 e. The van der Waals surface area contributed by atoms with Crippen LogP contribution in [-0.2, 0) is 6.18 Å². The number of halogens is 3. The minimum absolute atomic E-state index is 0.0939. The lowest BCUT2D eigenvalue weighted by Crippen LogP contribution is -2.33. The lowest BCUT2D eigenvalue weighted by molar-refractivity contribution is -0.137. The van der Waals surface area contributed by atoms with E-state index < -0.39 is 11.7 Å². The topological polar surface area (TPSA) is 29.3 Å². The molecule has 1 fully saturated rings. The van der Waals surface area contributed by atoms with Crippen LogP contribution in [0.5, 0.6) is 0 Å². The van der Waals surface area contributed by atoms with Crippen molar-refractivity contribution in [3.63, 3.8) is 0 Å². The molecular formula is C14H17F3N2S. The van der Waals surface area contributed by atoms with Gasteiger partial charge in [0, 0.05) is 24.3 Å². The summed E-state index contributed by atoms with van der Waals surface area (Å²) in [6, 6.07) is 4.03. The molecule has 1 aliphatic rings. The summed E-state index contributed by atoms with van der Waals surface area (Å²) in [5.41, 5.74) is 5.34. The smallest absolute Gasteiger partial charge is 0.389 e. The second-order valence-corrected chi connectivity index (χ2v) is 5.70. The predicted molar refractivity (Wildman–Crippen MR) is 77.9 cm³/mol. The maximum atomic E-state index is 12.9. The Morgan fingerprint density at radius 3 is 2.40 bits per heavy atom. The Morgan fingerprint density at radius 2 is 1.90 bits per heavy atom. The van der Waals surface area contributed by atoms with E-state index in [9.17, 15) is 13.2 Å². The molecule has 6 heteroatoms. The highest BCUT2D eigenvalue weighted by Gasteiger charge is 2.34. The maximum Gasteiger partial charge on any atom is 0.417 e. The number of hydrogen-bond donors (Lipinski definition) is 1. The van der Waals surface area contributed by atoms with Crippen molar-refractivity contribution in [2.75, 3.05) is 18.0 Å². The van der Waals surface area contributed by atoms with E-state index >= 15 is 0 Å². The van der Waals surface area contributed by atoms with Gasteiger partial charge < -0.3 is 10.6 Å². The van der Waals surface area contributed by atoms with Crippen LogP contribution in [0.25, 0.3) is 0 Å². The third kappa shape index (κ3) is 3.23. The van der Waals surface area contributed by atoms with Crippen LogP contribution in [-0.4, -0.2) is 18.1 Å². The molecule has 1 aromatic carbocycles. The number of anilines is 1. The highest BCUT2D eigenvalue weighted by molar-refractivity contribution is 7.80. The molecule has 2 nitrogen and oxygen atoms in total. The van der Waals surface area contributed by atoms with E-state index in [1.807, 2.05) is 0 Å². The Bertz CT molecular complexity index is 506. The molecule has 110 valence electrons. The monoisotopic (exact) mass is 302 g/mol. The van der Waals surface area contributed by atoms with Crippen molar-refractivity contribution < 1.29 is 13.2 Å². The lowest BCUT2D eigenvalue weighted by Gasteiger charge is -2.32. The second kappa shape index (κ2) is 5.60. The summed E-state index contributed by atoms with van der Waals surface area (Å²) in [6.07, 6.45) is -2.35. The highest BCUT2D eigenvalue weighted by atomic mass is 32.1. The minimum atomic E-state index is -4.44. The molecule has 2 rings (SSSR count). The van der Waals surface area contributed by atoms with E-state index in [-0.39, 0.29) is 10.6 Å². The van der Waals surface area contributed by atoms with Crippen molar-refractivity contribution in [2.24, 2.45) is 11.7 Å². The predicted octanol–water partition coefficient (Wildman–Crippen LogP) is 3.58. The van der Waals surface area contributed by atoms with Crippen LogP contribution >= 0.6 is 12.2 Å². The van der Waals surface area contributed by atoms with Gasteiger partial charge in [-0.25, -0.2) is 0 Å². The summed E-state index contributed by atoms with van der Waals surface area (Å²) in [5, 5.41) is 0. The van der Waals surface area contributed by atoms with Crippen LogP contribution in [0.15, 0.2) is 18.2 Å². The molecule has 0 bridgehead atoms. The normalized spacial score (nSPS) is 17.3. The number of nitrogens with two attached hydrogens (primary N) is 1. The average molecular weight is 302 g/mol. The van der Waals surface area contributed by atoms with E-state index in [0.717, 1.165) is 37.7 Å². The van der Waals surface area contributed by atoms with Gasteiger partial charge in [-0.3, -0.25) is 0 Å². The minimum Gasteiger partial charge on any atom is -0.389 e. The zero-order valence-corrected chi connectivity index (χ0v) is 12.0. The fourth-order valence-corrected chi connectivity index (χ4v) is 2.62. The highest BCUT2D eigenvalue weighted by Crippen LogP contribution is 2.34. The lowest BCUT2D eigenvalue weighted by atomic mass is 9.98. The summed E-state index contributed by atoms with van der Waals surface area (Å²) >= 11 is 4.76.